The first-order chi connectivity index (χ1) is 16.6. The lowest BCUT2D eigenvalue weighted by molar-refractivity contribution is 0.109. The summed E-state index contributed by atoms with van der Waals surface area (Å²) in [7, 11) is 4.05. The van der Waals surface area contributed by atoms with Gasteiger partial charge in [-0.15, -0.1) is 11.3 Å². The number of benzene rings is 1. The number of nitrogens with zero attached hydrogens (tertiary/aromatic N) is 2. The maximum Gasteiger partial charge on any atom is 0.411 e. The zero-order valence-corrected chi connectivity index (χ0v) is 22.4. The summed E-state index contributed by atoms with van der Waals surface area (Å²) in [5.74, 6) is 0.400. The number of hydrogen-bond donors (Lipinski definition) is 2. The smallest absolute Gasteiger partial charge is 0.411 e. The van der Waals surface area contributed by atoms with E-state index >= 15 is 0 Å². The highest BCUT2D eigenvalue weighted by Gasteiger charge is 2.26. The summed E-state index contributed by atoms with van der Waals surface area (Å²) in [6.45, 7) is 8.09. The van der Waals surface area contributed by atoms with E-state index in [4.69, 9.17) is 14.5 Å². The Morgan fingerprint density at radius 2 is 1.71 bits per heavy atom. The van der Waals surface area contributed by atoms with E-state index in [9.17, 15) is 9.59 Å². The number of rotatable bonds is 8. The van der Waals surface area contributed by atoms with Gasteiger partial charge in [-0.05, 0) is 90.7 Å². The minimum Gasteiger partial charge on any atom is -0.447 e. The number of hydrogen-bond acceptors (Lipinski definition) is 7. The minimum atomic E-state index is -0.453. The molecule has 1 heterocycles. The summed E-state index contributed by atoms with van der Waals surface area (Å²) >= 11 is 1.73. The molecule has 1 aromatic carbocycles. The zero-order valence-electron chi connectivity index (χ0n) is 21.6. The normalized spacial score (nSPS) is 18.1. The molecule has 3 rings (SSSR count). The zero-order chi connectivity index (χ0) is 25.5. The molecule has 0 bridgehead atoms. The van der Waals surface area contributed by atoms with Gasteiger partial charge in [0.1, 0.15) is 0 Å². The molecule has 1 fully saturated rings. The molecule has 0 radical (unpaired) electrons. The van der Waals surface area contributed by atoms with Gasteiger partial charge in [-0.3, -0.25) is 5.32 Å². The highest BCUT2D eigenvalue weighted by Crippen LogP contribution is 2.39. The van der Waals surface area contributed by atoms with Crippen molar-refractivity contribution in [3.8, 4) is 10.4 Å². The number of nitrogens with one attached hydrogen (secondary N) is 2. The SMILES string of the molecule is CC(C)OC(=O)Nc1ccc(-c2cnc([C@H]3CC[C@H](NC(=O)OC(C)C)CC3)s2)c(CN(C)C)c1. The van der Waals surface area contributed by atoms with E-state index in [1.807, 2.05) is 66.2 Å². The van der Waals surface area contributed by atoms with Crippen molar-refractivity contribution in [1.29, 1.82) is 0 Å². The summed E-state index contributed by atoms with van der Waals surface area (Å²) in [6, 6.07) is 6.11. The highest BCUT2D eigenvalue weighted by molar-refractivity contribution is 7.15. The molecule has 2 aromatic rings. The first kappa shape index (κ1) is 26.9. The van der Waals surface area contributed by atoms with Crippen LogP contribution in [0.5, 0.6) is 0 Å². The minimum absolute atomic E-state index is 0.115. The predicted octanol–water partition coefficient (Wildman–Crippen LogP) is 5.99. The number of aromatic nitrogens is 1. The summed E-state index contributed by atoms with van der Waals surface area (Å²) < 4.78 is 10.4. The van der Waals surface area contributed by atoms with Crippen LogP contribution < -0.4 is 10.6 Å². The van der Waals surface area contributed by atoms with E-state index in [0.717, 1.165) is 53.2 Å². The molecule has 1 saturated carbocycles. The summed E-state index contributed by atoms with van der Waals surface area (Å²) in [4.78, 5) is 31.9. The maximum atomic E-state index is 12.0. The molecule has 0 aliphatic heterocycles. The average molecular weight is 503 g/mol. The van der Waals surface area contributed by atoms with Crippen LogP contribution in [0.4, 0.5) is 15.3 Å². The molecule has 0 saturated heterocycles. The fourth-order valence-corrected chi connectivity index (χ4v) is 5.39. The van der Waals surface area contributed by atoms with Crippen LogP contribution in [0.15, 0.2) is 24.4 Å². The highest BCUT2D eigenvalue weighted by atomic mass is 32.1. The third-order valence-electron chi connectivity index (χ3n) is 5.71. The van der Waals surface area contributed by atoms with E-state index in [1.165, 1.54) is 0 Å². The predicted molar refractivity (Wildman–Crippen MR) is 140 cm³/mol. The fourth-order valence-electron chi connectivity index (χ4n) is 4.25. The van der Waals surface area contributed by atoms with Crippen LogP contribution in [0.2, 0.25) is 0 Å². The standard InChI is InChI=1S/C26H38N4O4S/c1-16(2)33-25(31)28-20-9-7-18(8-10-20)24-27-14-23(35-24)22-12-11-21(13-19(22)15-30(5)6)29-26(32)34-17(3)4/h11-14,16-18,20H,7-10,15H2,1-6H3,(H,28,31)(H,29,32)/t18-,20-. The molecule has 8 nitrogen and oxygen atoms in total. The van der Waals surface area contributed by atoms with Crippen molar-refractivity contribution in [1.82, 2.24) is 15.2 Å². The third kappa shape index (κ3) is 8.21. The molecule has 1 aliphatic rings. The number of alkyl carbamates (subject to hydrolysis) is 1. The summed E-state index contributed by atoms with van der Waals surface area (Å²) in [6.07, 6.45) is 4.71. The van der Waals surface area contributed by atoms with Gasteiger partial charge in [-0.2, -0.15) is 0 Å². The van der Waals surface area contributed by atoms with Crippen LogP contribution in [-0.2, 0) is 16.0 Å². The van der Waals surface area contributed by atoms with E-state index in [2.05, 4.69) is 15.5 Å². The van der Waals surface area contributed by atoms with Crippen molar-refractivity contribution in [2.45, 2.75) is 84.1 Å². The molecular weight excluding hydrogens is 464 g/mol. The van der Waals surface area contributed by atoms with Gasteiger partial charge >= 0.3 is 12.2 Å². The first-order valence-electron chi connectivity index (χ1n) is 12.3. The molecule has 0 atom stereocenters. The van der Waals surface area contributed by atoms with Crippen LogP contribution in [0, 0.1) is 0 Å². The Morgan fingerprint density at radius 1 is 1.06 bits per heavy atom. The van der Waals surface area contributed by atoms with E-state index in [0.29, 0.717) is 11.6 Å². The second-order valence-corrected chi connectivity index (χ2v) is 11.0. The topological polar surface area (TPSA) is 92.8 Å². The lowest BCUT2D eigenvalue weighted by atomic mass is 9.86. The quantitative estimate of drug-likeness (QED) is 0.461. The largest absolute Gasteiger partial charge is 0.447 e. The van der Waals surface area contributed by atoms with Gasteiger partial charge in [0.15, 0.2) is 0 Å². The third-order valence-corrected chi connectivity index (χ3v) is 6.90. The molecule has 192 valence electrons. The van der Waals surface area contributed by atoms with Crippen molar-refractivity contribution in [3.63, 3.8) is 0 Å². The molecule has 35 heavy (non-hydrogen) atoms. The second kappa shape index (κ2) is 12.4. The fraction of sp³-hybridized carbons (Fsp3) is 0.577. The van der Waals surface area contributed by atoms with Crippen LogP contribution in [0.25, 0.3) is 10.4 Å². The van der Waals surface area contributed by atoms with Gasteiger partial charge in [0.25, 0.3) is 0 Å². The second-order valence-electron chi connectivity index (χ2n) is 9.90. The van der Waals surface area contributed by atoms with Gasteiger partial charge in [0.2, 0.25) is 0 Å². The van der Waals surface area contributed by atoms with Crippen LogP contribution in [-0.4, -0.2) is 54.4 Å². The Balaban J connectivity index is 1.68. The Labute approximate surface area is 212 Å². The van der Waals surface area contributed by atoms with Crippen molar-refractivity contribution in [2.24, 2.45) is 0 Å². The van der Waals surface area contributed by atoms with Crippen molar-refractivity contribution in [3.05, 3.63) is 35.0 Å². The molecule has 1 aromatic heterocycles. The number of carbonyl (C=O) groups excluding carboxylic acids is 2. The molecule has 2 amide bonds. The Kier molecular flexibility index (Phi) is 9.51. The molecule has 1 aliphatic carbocycles. The van der Waals surface area contributed by atoms with Crippen LogP contribution in [0.3, 0.4) is 0 Å². The number of thiazole rings is 1. The number of carbonyl (C=O) groups is 2. The summed E-state index contributed by atoms with van der Waals surface area (Å²) in [5, 5.41) is 6.95. The number of amides is 2. The monoisotopic (exact) mass is 502 g/mol. The lowest BCUT2D eigenvalue weighted by Crippen LogP contribution is -2.38. The van der Waals surface area contributed by atoms with E-state index < -0.39 is 6.09 Å². The molecular formula is C26H38N4O4S. The van der Waals surface area contributed by atoms with Crippen LogP contribution in [0.1, 0.15) is 69.9 Å². The Morgan fingerprint density at radius 3 is 2.34 bits per heavy atom. The van der Waals surface area contributed by atoms with E-state index in [-0.39, 0.29) is 24.3 Å². The van der Waals surface area contributed by atoms with Crippen molar-refractivity contribution < 1.29 is 19.1 Å². The molecule has 2 N–H and O–H groups in total. The average Bonchev–Trinajstić information content (AvgIpc) is 3.22. The summed E-state index contributed by atoms with van der Waals surface area (Å²) in [5.41, 5.74) is 2.95. The van der Waals surface area contributed by atoms with Crippen molar-refractivity contribution >= 4 is 29.2 Å². The van der Waals surface area contributed by atoms with Gasteiger partial charge in [-0.1, -0.05) is 6.07 Å². The Bertz CT molecular complexity index is 997. The first-order valence-corrected chi connectivity index (χ1v) is 13.1. The molecule has 9 heteroatoms. The van der Waals surface area contributed by atoms with Gasteiger partial charge in [0, 0.05) is 30.4 Å². The van der Waals surface area contributed by atoms with Gasteiger partial charge in [-0.25, -0.2) is 14.6 Å². The van der Waals surface area contributed by atoms with Gasteiger partial charge in [0.05, 0.1) is 22.1 Å². The number of anilines is 1. The number of ether oxygens (including phenoxy) is 2. The van der Waals surface area contributed by atoms with Gasteiger partial charge < -0.3 is 19.7 Å². The maximum absolute atomic E-state index is 12.0. The Hall–Kier alpha value is -2.65. The molecule has 0 spiro atoms. The van der Waals surface area contributed by atoms with Crippen LogP contribution >= 0.6 is 11.3 Å². The van der Waals surface area contributed by atoms with Crippen molar-refractivity contribution in [2.75, 3.05) is 19.4 Å². The molecule has 0 unspecified atom stereocenters. The lowest BCUT2D eigenvalue weighted by Gasteiger charge is -2.28. The van der Waals surface area contributed by atoms with E-state index in [1.54, 1.807) is 11.3 Å².